The lowest BCUT2D eigenvalue weighted by Crippen LogP contribution is -2.14. The lowest BCUT2D eigenvalue weighted by Gasteiger charge is -2.14. The lowest BCUT2D eigenvalue weighted by atomic mass is 9.99. The first-order chi connectivity index (χ1) is 8.16. The van der Waals surface area contributed by atoms with Gasteiger partial charge in [-0.1, -0.05) is 46.3 Å². The fourth-order valence-electron chi connectivity index (χ4n) is 1.81. The van der Waals surface area contributed by atoms with Crippen molar-refractivity contribution in [2.45, 2.75) is 12.5 Å². The molecule has 2 rings (SSSR count). The standard InChI is InChI=1S/C14H15BrN2/c15-12-6-7-13(16)11(8-12)9-14(17)10-4-2-1-3-5-10/h1-8,14H,9,16-17H2/t14-/m0/s1. The van der Waals surface area contributed by atoms with Gasteiger partial charge in [-0.15, -0.1) is 0 Å². The summed E-state index contributed by atoms with van der Waals surface area (Å²) >= 11 is 3.45. The summed E-state index contributed by atoms with van der Waals surface area (Å²) in [6.07, 6.45) is 0.745. The average molecular weight is 291 g/mol. The van der Waals surface area contributed by atoms with Crippen molar-refractivity contribution in [3.63, 3.8) is 0 Å². The summed E-state index contributed by atoms with van der Waals surface area (Å²) in [6.45, 7) is 0. The summed E-state index contributed by atoms with van der Waals surface area (Å²) in [5.74, 6) is 0. The van der Waals surface area contributed by atoms with Crippen LogP contribution < -0.4 is 11.5 Å². The van der Waals surface area contributed by atoms with Crippen LogP contribution in [0.5, 0.6) is 0 Å². The summed E-state index contributed by atoms with van der Waals surface area (Å²) in [5.41, 5.74) is 15.1. The van der Waals surface area contributed by atoms with Crippen LogP contribution in [0.25, 0.3) is 0 Å². The molecule has 0 bridgehead atoms. The molecule has 3 heteroatoms. The number of benzene rings is 2. The van der Waals surface area contributed by atoms with Crippen LogP contribution in [0.2, 0.25) is 0 Å². The molecule has 0 saturated heterocycles. The Balaban J connectivity index is 2.18. The van der Waals surface area contributed by atoms with E-state index in [1.807, 2.05) is 48.5 Å². The van der Waals surface area contributed by atoms with Crippen LogP contribution >= 0.6 is 15.9 Å². The van der Waals surface area contributed by atoms with E-state index in [4.69, 9.17) is 11.5 Å². The van der Waals surface area contributed by atoms with Crippen molar-refractivity contribution in [2.75, 3.05) is 5.73 Å². The molecule has 0 spiro atoms. The molecule has 4 N–H and O–H groups in total. The second-order valence-corrected chi connectivity index (χ2v) is 4.98. The Morgan fingerprint density at radius 2 is 1.76 bits per heavy atom. The van der Waals surface area contributed by atoms with Gasteiger partial charge in [-0.05, 0) is 35.7 Å². The zero-order valence-corrected chi connectivity index (χ0v) is 11.0. The minimum atomic E-state index is -0.0206. The van der Waals surface area contributed by atoms with Gasteiger partial charge in [0.05, 0.1) is 0 Å². The predicted molar refractivity (Wildman–Crippen MR) is 75.6 cm³/mol. The summed E-state index contributed by atoms with van der Waals surface area (Å²) in [5, 5.41) is 0. The topological polar surface area (TPSA) is 52.0 Å². The molecular formula is C14H15BrN2. The number of anilines is 1. The fraction of sp³-hybridized carbons (Fsp3) is 0.143. The minimum absolute atomic E-state index is 0.0206. The van der Waals surface area contributed by atoms with Crippen LogP contribution in [0.1, 0.15) is 17.2 Å². The monoisotopic (exact) mass is 290 g/mol. The summed E-state index contributed by atoms with van der Waals surface area (Å²) < 4.78 is 1.03. The van der Waals surface area contributed by atoms with Crippen LogP contribution in [0, 0.1) is 0 Å². The van der Waals surface area contributed by atoms with Crippen molar-refractivity contribution in [3.8, 4) is 0 Å². The zero-order valence-electron chi connectivity index (χ0n) is 9.44. The van der Waals surface area contributed by atoms with E-state index in [0.29, 0.717) is 0 Å². The molecule has 0 unspecified atom stereocenters. The van der Waals surface area contributed by atoms with E-state index in [9.17, 15) is 0 Å². The second-order valence-electron chi connectivity index (χ2n) is 4.06. The third-order valence-electron chi connectivity index (χ3n) is 2.77. The van der Waals surface area contributed by atoms with Crippen molar-refractivity contribution < 1.29 is 0 Å². The number of hydrogen-bond acceptors (Lipinski definition) is 2. The molecule has 2 aromatic rings. The Bertz CT molecular complexity index is 497. The van der Waals surface area contributed by atoms with E-state index in [1.165, 1.54) is 0 Å². The van der Waals surface area contributed by atoms with Gasteiger partial charge in [0, 0.05) is 16.2 Å². The molecule has 2 nitrogen and oxygen atoms in total. The molecular weight excluding hydrogens is 276 g/mol. The molecule has 0 aliphatic carbocycles. The first-order valence-corrected chi connectivity index (χ1v) is 6.30. The largest absolute Gasteiger partial charge is 0.399 e. The molecule has 0 fully saturated rings. The number of hydrogen-bond donors (Lipinski definition) is 2. The molecule has 0 amide bonds. The SMILES string of the molecule is Nc1ccc(Br)cc1C[C@H](N)c1ccccc1. The Kier molecular flexibility index (Phi) is 3.82. The highest BCUT2D eigenvalue weighted by atomic mass is 79.9. The summed E-state index contributed by atoms with van der Waals surface area (Å²) in [4.78, 5) is 0. The van der Waals surface area contributed by atoms with Crippen LogP contribution in [-0.4, -0.2) is 0 Å². The van der Waals surface area contributed by atoms with E-state index in [0.717, 1.165) is 27.7 Å². The maximum Gasteiger partial charge on any atom is 0.0348 e. The fourth-order valence-corrected chi connectivity index (χ4v) is 2.21. The number of halogens is 1. The van der Waals surface area contributed by atoms with Crippen molar-refractivity contribution in [3.05, 3.63) is 64.1 Å². The predicted octanol–water partition coefficient (Wildman–Crippen LogP) is 3.27. The van der Waals surface area contributed by atoms with E-state index < -0.39 is 0 Å². The molecule has 88 valence electrons. The van der Waals surface area contributed by atoms with Gasteiger partial charge in [0.15, 0.2) is 0 Å². The first-order valence-electron chi connectivity index (χ1n) is 5.51. The lowest BCUT2D eigenvalue weighted by molar-refractivity contribution is 0.723. The van der Waals surface area contributed by atoms with Gasteiger partial charge in [0.1, 0.15) is 0 Å². The van der Waals surface area contributed by atoms with Crippen LogP contribution in [0.15, 0.2) is 53.0 Å². The summed E-state index contributed by atoms with van der Waals surface area (Å²) in [6, 6.07) is 15.9. The van der Waals surface area contributed by atoms with Crippen molar-refractivity contribution in [1.82, 2.24) is 0 Å². The molecule has 0 saturated carbocycles. The highest BCUT2D eigenvalue weighted by molar-refractivity contribution is 9.10. The first kappa shape index (κ1) is 12.1. The number of rotatable bonds is 3. The van der Waals surface area contributed by atoms with Gasteiger partial charge in [-0.3, -0.25) is 0 Å². The maximum atomic E-state index is 6.18. The second kappa shape index (κ2) is 5.34. The zero-order chi connectivity index (χ0) is 12.3. The molecule has 2 aromatic carbocycles. The molecule has 0 heterocycles. The van der Waals surface area contributed by atoms with Gasteiger partial charge in [-0.2, -0.15) is 0 Å². The molecule has 0 aliphatic heterocycles. The van der Waals surface area contributed by atoms with E-state index in [2.05, 4.69) is 15.9 Å². The Labute approximate surface area is 110 Å². The van der Waals surface area contributed by atoms with Crippen molar-refractivity contribution >= 4 is 21.6 Å². The third kappa shape index (κ3) is 3.08. The Hall–Kier alpha value is -1.32. The number of nitrogen functional groups attached to an aromatic ring is 1. The van der Waals surface area contributed by atoms with Crippen molar-refractivity contribution in [1.29, 1.82) is 0 Å². The normalized spacial score (nSPS) is 12.4. The molecule has 1 atom stereocenters. The summed E-state index contributed by atoms with van der Waals surface area (Å²) in [7, 11) is 0. The smallest absolute Gasteiger partial charge is 0.0348 e. The van der Waals surface area contributed by atoms with Gasteiger partial charge >= 0.3 is 0 Å². The van der Waals surface area contributed by atoms with Gasteiger partial charge in [-0.25, -0.2) is 0 Å². The molecule has 0 radical (unpaired) electrons. The molecule has 17 heavy (non-hydrogen) atoms. The van der Waals surface area contributed by atoms with Gasteiger partial charge in [0.2, 0.25) is 0 Å². The molecule has 0 aromatic heterocycles. The van der Waals surface area contributed by atoms with Crippen LogP contribution in [-0.2, 0) is 6.42 Å². The third-order valence-corrected chi connectivity index (χ3v) is 3.27. The van der Waals surface area contributed by atoms with E-state index >= 15 is 0 Å². The highest BCUT2D eigenvalue weighted by Crippen LogP contribution is 2.23. The van der Waals surface area contributed by atoms with Crippen LogP contribution in [0.3, 0.4) is 0 Å². The van der Waals surface area contributed by atoms with Gasteiger partial charge in [0.25, 0.3) is 0 Å². The van der Waals surface area contributed by atoms with E-state index in [1.54, 1.807) is 0 Å². The quantitative estimate of drug-likeness (QED) is 0.853. The van der Waals surface area contributed by atoms with E-state index in [-0.39, 0.29) is 6.04 Å². The highest BCUT2D eigenvalue weighted by Gasteiger charge is 2.09. The maximum absolute atomic E-state index is 6.18. The number of nitrogens with two attached hydrogens (primary N) is 2. The minimum Gasteiger partial charge on any atom is -0.399 e. The average Bonchev–Trinajstić information content (AvgIpc) is 2.35. The van der Waals surface area contributed by atoms with Gasteiger partial charge < -0.3 is 11.5 Å². The Morgan fingerprint density at radius 3 is 2.47 bits per heavy atom. The van der Waals surface area contributed by atoms with Crippen molar-refractivity contribution in [2.24, 2.45) is 5.73 Å². The Morgan fingerprint density at radius 1 is 1.06 bits per heavy atom. The molecule has 0 aliphatic rings. The van der Waals surface area contributed by atoms with Crippen LogP contribution in [0.4, 0.5) is 5.69 Å².